The van der Waals surface area contributed by atoms with Crippen LogP contribution in [0.2, 0.25) is 0 Å². The molecule has 96 valence electrons. The monoisotopic (exact) mass is 277 g/mol. The normalized spacial score (nSPS) is 10.7. The summed E-state index contributed by atoms with van der Waals surface area (Å²) in [5.41, 5.74) is 0.962. The van der Waals surface area contributed by atoms with Crippen LogP contribution >= 0.6 is 12.2 Å². The van der Waals surface area contributed by atoms with Crippen LogP contribution in [0.1, 0.15) is 5.56 Å². The van der Waals surface area contributed by atoms with Gasteiger partial charge in [-0.3, -0.25) is 0 Å². The van der Waals surface area contributed by atoms with Crippen LogP contribution in [0.3, 0.4) is 0 Å². The fraction of sp³-hybridized carbons (Fsp3) is 0.267. The van der Waals surface area contributed by atoms with Gasteiger partial charge >= 0.3 is 0 Å². The summed E-state index contributed by atoms with van der Waals surface area (Å²) in [6.07, 6.45) is 0. The van der Waals surface area contributed by atoms with Crippen LogP contribution in [0.5, 0.6) is 0 Å². The minimum absolute atomic E-state index is 0.533. The molecule has 0 saturated heterocycles. The standard InChI is InChI=1S/C11H8S2.C4H12N/c12-11(13)10-6-5-8-3-1-2-4-9(8)7-10;1-5(2,3)4/h1-7H,(H,12,13);1-4H3/q;+1/p-1. The van der Waals surface area contributed by atoms with Crippen molar-refractivity contribution < 1.29 is 4.48 Å². The molecule has 0 bridgehead atoms. The van der Waals surface area contributed by atoms with E-state index in [0.717, 1.165) is 10.0 Å². The minimum Gasteiger partial charge on any atom is -0.428 e. The van der Waals surface area contributed by atoms with Gasteiger partial charge in [-0.15, -0.1) is 4.20 Å². The Labute approximate surface area is 120 Å². The molecule has 0 aliphatic carbocycles. The Balaban J connectivity index is 0.000000280. The highest BCUT2D eigenvalue weighted by molar-refractivity contribution is 8.01. The first kappa shape index (κ1) is 15.0. The first-order chi connectivity index (χ1) is 8.27. The fourth-order valence-electron chi connectivity index (χ4n) is 1.32. The Morgan fingerprint density at radius 3 is 1.94 bits per heavy atom. The van der Waals surface area contributed by atoms with Crippen molar-refractivity contribution in [2.45, 2.75) is 0 Å². The Hall–Kier alpha value is -1.03. The topological polar surface area (TPSA) is 0 Å². The lowest BCUT2D eigenvalue weighted by atomic mass is 10.1. The highest BCUT2D eigenvalue weighted by Gasteiger charge is 1.92. The molecule has 3 heteroatoms. The molecular weight excluding hydrogens is 258 g/mol. The number of quaternary nitrogens is 1. The largest absolute Gasteiger partial charge is 0.428 e. The van der Waals surface area contributed by atoms with Crippen molar-refractivity contribution in [2.24, 2.45) is 0 Å². The summed E-state index contributed by atoms with van der Waals surface area (Å²) in [5, 5.41) is 2.41. The zero-order valence-corrected chi connectivity index (χ0v) is 12.9. The second-order valence-electron chi connectivity index (χ2n) is 5.53. The molecule has 0 aromatic heterocycles. The van der Waals surface area contributed by atoms with Gasteiger partial charge in [0.15, 0.2) is 0 Å². The fourth-order valence-corrected chi connectivity index (χ4v) is 1.57. The third-order valence-electron chi connectivity index (χ3n) is 1.99. The Morgan fingerprint density at radius 1 is 0.944 bits per heavy atom. The molecule has 0 unspecified atom stereocenters. The number of rotatable bonds is 1. The van der Waals surface area contributed by atoms with Crippen LogP contribution in [0.25, 0.3) is 10.8 Å². The van der Waals surface area contributed by atoms with Crippen LogP contribution in [-0.2, 0) is 12.6 Å². The first-order valence-electron chi connectivity index (χ1n) is 5.76. The summed E-state index contributed by atoms with van der Waals surface area (Å²) in [6.45, 7) is 0. The van der Waals surface area contributed by atoms with Crippen LogP contribution in [0.15, 0.2) is 42.5 Å². The van der Waals surface area contributed by atoms with Gasteiger partial charge in [0.05, 0.1) is 28.2 Å². The van der Waals surface area contributed by atoms with E-state index in [0.29, 0.717) is 4.20 Å². The van der Waals surface area contributed by atoms with Crippen molar-refractivity contribution in [3.05, 3.63) is 48.0 Å². The van der Waals surface area contributed by atoms with Crippen LogP contribution in [0.4, 0.5) is 0 Å². The van der Waals surface area contributed by atoms with E-state index in [2.05, 4.69) is 40.3 Å². The quantitative estimate of drug-likeness (QED) is 0.445. The van der Waals surface area contributed by atoms with Gasteiger partial charge in [-0.1, -0.05) is 36.4 Å². The van der Waals surface area contributed by atoms with Gasteiger partial charge in [0, 0.05) is 0 Å². The van der Waals surface area contributed by atoms with Crippen molar-refractivity contribution in [3.8, 4) is 0 Å². The van der Waals surface area contributed by atoms with Gasteiger partial charge in [0.2, 0.25) is 0 Å². The first-order valence-corrected chi connectivity index (χ1v) is 6.58. The number of fused-ring (bicyclic) bond motifs is 1. The van der Waals surface area contributed by atoms with Gasteiger partial charge in [0.1, 0.15) is 0 Å². The third-order valence-corrected chi connectivity index (χ3v) is 2.46. The molecule has 0 heterocycles. The Morgan fingerprint density at radius 2 is 1.44 bits per heavy atom. The van der Waals surface area contributed by atoms with Gasteiger partial charge < -0.3 is 29.3 Å². The predicted molar refractivity (Wildman–Crippen MR) is 87.0 cm³/mol. The summed E-state index contributed by atoms with van der Waals surface area (Å²) in [7, 11) is 8.50. The van der Waals surface area contributed by atoms with Crippen molar-refractivity contribution >= 4 is 39.8 Å². The van der Waals surface area contributed by atoms with Crippen molar-refractivity contribution in [1.82, 2.24) is 0 Å². The van der Waals surface area contributed by atoms with Gasteiger partial charge in [0.25, 0.3) is 0 Å². The number of hydrogen-bond donors (Lipinski definition) is 0. The number of hydrogen-bond acceptors (Lipinski definition) is 2. The maximum atomic E-state index is 4.94. The summed E-state index contributed by atoms with van der Waals surface area (Å²) in [4.78, 5) is 0. The van der Waals surface area contributed by atoms with E-state index in [1.165, 1.54) is 10.8 Å². The van der Waals surface area contributed by atoms with E-state index < -0.39 is 0 Å². The van der Waals surface area contributed by atoms with Crippen molar-refractivity contribution in [1.29, 1.82) is 0 Å². The molecular formula is C15H19NS2. The second-order valence-corrected chi connectivity index (χ2v) is 6.61. The zero-order valence-electron chi connectivity index (χ0n) is 11.3. The highest BCUT2D eigenvalue weighted by atomic mass is 32.1. The van der Waals surface area contributed by atoms with Crippen LogP contribution < -0.4 is 0 Å². The molecule has 2 aromatic carbocycles. The molecule has 18 heavy (non-hydrogen) atoms. The molecule has 2 aromatic rings. The average Bonchev–Trinajstić information content (AvgIpc) is 2.26. The smallest absolute Gasteiger partial charge is 0.0675 e. The molecule has 0 spiro atoms. The SMILES string of the molecule is C[N+](C)(C)C.S=C([S-])c1ccc2ccccc2c1. The van der Waals surface area contributed by atoms with E-state index in [4.69, 9.17) is 24.8 Å². The Kier molecular flexibility index (Phi) is 5.20. The second kappa shape index (κ2) is 6.23. The Bertz CT molecular complexity index is 535. The number of nitrogens with zero attached hydrogens (tertiary/aromatic N) is 1. The van der Waals surface area contributed by atoms with Crippen LogP contribution in [-0.4, -0.2) is 36.9 Å². The van der Waals surface area contributed by atoms with E-state index >= 15 is 0 Å². The molecule has 0 amide bonds. The van der Waals surface area contributed by atoms with Crippen molar-refractivity contribution in [3.63, 3.8) is 0 Å². The summed E-state index contributed by atoms with van der Waals surface area (Å²) >= 11 is 9.88. The van der Waals surface area contributed by atoms with E-state index in [1.807, 2.05) is 30.3 Å². The lowest BCUT2D eigenvalue weighted by Gasteiger charge is -2.14. The highest BCUT2D eigenvalue weighted by Crippen LogP contribution is 2.15. The molecule has 0 aliphatic heterocycles. The predicted octanol–water partition coefficient (Wildman–Crippen LogP) is 3.38. The zero-order chi connectivity index (χ0) is 13.8. The van der Waals surface area contributed by atoms with Crippen LogP contribution in [0, 0.1) is 0 Å². The maximum absolute atomic E-state index is 4.94. The van der Waals surface area contributed by atoms with Gasteiger partial charge in [-0.25, -0.2) is 0 Å². The molecule has 0 N–H and O–H groups in total. The molecule has 0 radical (unpaired) electrons. The number of benzene rings is 2. The summed E-state index contributed by atoms with van der Waals surface area (Å²) < 4.78 is 1.53. The molecule has 0 saturated carbocycles. The van der Waals surface area contributed by atoms with Gasteiger partial charge in [-0.05, 0) is 22.4 Å². The van der Waals surface area contributed by atoms with E-state index in [-0.39, 0.29) is 0 Å². The maximum Gasteiger partial charge on any atom is 0.0675 e. The minimum atomic E-state index is 0.533. The van der Waals surface area contributed by atoms with E-state index in [9.17, 15) is 0 Å². The lowest BCUT2D eigenvalue weighted by molar-refractivity contribution is -0.849. The molecule has 2 rings (SSSR count). The molecule has 0 fully saturated rings. The van der Waals surface area contributed by atoms with E-state index in [1.54, 1.807) is 0 Å². The van der Waals surface area contributed by atoms with Crippen molar-refractivity contribution in [2.75, 3.05) is 28.2 Å². The lowest BCUT2D eigenvalue weighted by Crippen LogP contribution is -2.27. The third kappa shape index (κ3) is 5.54. The molecule has 0 aliphatic rings. The molecule has 1 nitrogen and oxygen atoms in total. The number of thiocarbonyl (C=S) groups is 1. The summed E-state index contributed by atoms with van der Waals surface area (Å²) in [6, 6.07) is 14.2. The average molecular weight is 277 g/mol. The van der Waals surface area contributed by atoms with Gasteiger partial charge in [-0.2, -0.15) is 0 Å². The molecule has 0 atom stereocenters. The summed E-state index contributed by atoms with van der Waals surface area (Å²) in [5.74, 6) is 0.